The summed E-state index contributed by atoms with van der Waals surface area (Å²) >= 11 is 0. The summed E-state index contributed by atoms with van der Waals surface area (Å²) in [5, 5.41) is 8.58. The largest absolute Gasteiger partial charge is 0.308 e. The maximum atomic E-state index is 12.8. The van der Waals surface area contributed by atoms with Gasteiger partial charge in [0.05, 0.1) is 16.6 Å². The van der Waals surface area contributed by atoms with E-state index in [2.05, 4.69) is 27.3 Å². The molecule has 0 spiro atoms. The van der Waals surface area contributed by atoms with Gasteiger partial charge in [0.15, 0.2) is 0 Å². The molecule has 0 aliphatic carbocycles. The van der Waals surface area contributed by atoms with Crippen LogP contribution < -0.4 is 10.0 Å². The van der Waals surface area contributed by atoms with Crippen molar-refractivity contribution in [3.05, 3.63) is 59.8 Å². The van der Waals surface area contributed by atoms with Crippen molar-refractivity contribution in [1.82, 2.24) is 19.8 Å². The molecule has 0 fully saturated rings. The minimum absolute atomic E-state index is 0.0165. The highest BCUT2D eigenvalue weighted by atomic mass is 32.2. The fraction of sp³-hybridized carbons (Fsp3) is 0.350. The van der Waals surface area contributed by atoms with Crippen LogP contribution in [-0.4, -0.2) is 31.3 Å². The predicted octanol–water partition coefficient (Wildman–Crippen LogP) is 2.78. The van der Waals surface area contributed by atoms with Crippen molar-refractivity contribution in [2.75, 3.05) is 13.1 Å². The van der Waals surface area contributed by atoms with Crippen molar-refractivity contribution in [2.24, 2.45) is 0 Å². The van der Waals surface area contributed by atoms with Gasteiger partial charge in [0, 0.05) is 24.0 Å². The molecule has 0 saturated heterocycles. The molecule has 4 rings (SSSR count). The average molecular weight is 385 g/mol. The van der Waals surface area contributed by atoms with Crippen molar-refractivity contribution in [2.45, 2.75) is 37.2 Å². The third-order valence-electron chi connectivity index (χ3n) is 5.06. The van der Waals surface area contributed by atoms with Gasteiger partial charge in [-0.05, 0) is 56.1 Å². The van der Waals surface area contributed by atoms with Crippen LogP contribution in [0.5, 0.6) is 0 Å². The number of fused-ring (bicyclic) bond motifs is 2. The molecule has 2 heterocycles. The van der Waals surface area contributed by atoms with Gasteiger partial charge in [-0.3, -0.25) is 4.68 Å². The van der Waals surface area contributed by atoms with Gasteiger partial charge in [0.25, 0.3) is 0 Å². The van der Waals surface area contributed by atoms with E-state index in [1.807, 2.05) is 36.7 Å². The quantitative estimate of drug-likeness (QED) is 0.709. The Labute approximate surface area is 159 Å². The molecule has 1 atom stereocenters. The first kappa shape index (κ1) is 18.2. The molecule has 142 valence electrons. The zero-order valence-corrected chi connectivity index (χ0v) is 16.3. The summed E-state index contributed by atoms with van der Waals surface area (Å²) in [6.07, 6.45) is 2.68. The fourth-order valence-corrected chi connectivity index (χ4v) is 4.74. The summed E-state index contributed by atoms with van der Waals surface area (Å²) in [6.45, 7) is 5.27. The highest BCUT2D eigenvalue weighted by Crippen LogP contribution is 2.24. The molecule has 1 aliphatic rings. The SMILES string of the molecule is CC(C)n1ncc2cc(S(=O)(=O)NCC3NCCc4ccccc43)ccc21. The second-order valence-corrected chi connectivity index (χ2v) is 8.98. The van der Waals surface area contributed by atoms with Crippen molar-refractivity contribution in [3.63, 3.8) is 0 Å². The highest BCUT2D eigenvalue weighted by molar-refractivity contribution is 7.89. The molecule has 2 aromatic carbocycles. The van der Waals surface area contributed by atoms with Crippen LogP contribution in [0.1, 0.15) is 37.1 Å². The van der Waals surface area contributed by atoms with Crippen LogP contribution in [0.15, 0.2) is 53.6 Å². The smallest absolute Gasteiger partial charge is 0.240 e. The van der Waals surface area contributed by atoms with E-state index >= 15 is 0 Å². The first-order valence-corrected chi connectivity index (χ1v) is 10.7. The molecule has 2 N–H and O–H groups in total. The summed E-state index contributed by atoms with van der Waals surface area (Å²) in [7, 11) is -3.59. The first-order valence-electron chi connectivity index (χ1n) is 9.24. The van der Waals surface area contributed by atoms with Gasteiger partial charge in [-0.1, -0.05) is 24.3 Å². The van der Waals surface area contributed by atoms with E-state index < -0.39 is 10.0 Å². The van der Waals surface area contributed by atoms with E-state index in [0.29, 0.717) is 6.54 Å². The number of sulfonamides is 1. The van der Waals surface area contributed by atoms with Crippen molar-refractivity contribution >= 4 is 20.9 Å². The van der Waals surface area contributed by atoms with Gasteiger partial charge >= 0.3 is 0 Å². The third-order valence-corrected chi connectivity index (χ3v) is 6.48. The molecule has 0 bridgehead atoms. The Bertz CT molecular complexity index is 1070. The van der Waals surface area contributed by atoms with Gasteiger partial charge in [-0.15, -0.1) is 0 Å². The van der Waals surface area contributed by atoms with Crippen LogP contribution in [0.3, 0.4) is 0 Å². The van der Waals surface area contributed by atoms with Gasteiger partial charge in [-0.25, -0.2) is 13.1 Å². The summed E-state index contributed by atoms with van der Waals surface area (Å²) in [4.78, 5) is 0.266. The highest BCUT2D eigenvalue weighted by Gasteiger charge is 2.22. The molecule has 27 heavy (non-hydrogen) atoms. The van der Waals surface area contributed by atoms with E-state index in [1.54, 1.807) is 18.3 Å². The molecule has 1 aromatic heterocycles. The number of benzene rings is 2. The molecule has 6 nitrogen and oxygen atoms in total. The molecule has 0 radical (unpaired) electrons. The summed E-state index contributed by atoms with van der Waals surface area (Å²) in [5.74, 6) is 0. The molecular weight excluding hydrogens is 360 g/mol. The second kappa shape index (κ2) is 7.07. The normalized spacial score (nSPS) is 17.4. The number of aromatic nitrogens is 2. The lowest BCUT2D eigenvalue weighted by Crippen LogP contribution is -2.38. The lowest BCUT2D eigenvalue weighted by atomic mass is 9.95. The van der Waals surface area contributed by atoms with E-state index in [9.17, 15) is 8.42 Å². The standard InChI is InChI=1S/C20H24N4O2S/c1-14(2)24-20-8-7-17(11-16(20)12-22-24)27(25,26)23-13-19-18-6-4-3-5-15(18)9-10-21-19/h3-8,11-12,14,19,21,23H,9-10,13H2,1-2H3. The zero-order chi connectivity index (χ0) is 19.0. The van der Waals surface area contributed by atoms with Gasteiger partial charge in [0.2, 0.25) is 10.0 Å². The van der Waals surface area contributed by atoms with Gasteiger partial charge in [0.1, 0.15) is 0 Å². The first-order chi connectivity index (χ1) is 13.0. The van der Waals surface area contributed by atoms with Crippen LogP contribution >= 0.6 is 0 Å². The Morgan fingerprint density at radius 3 is 2.89 bits per heavy atom. The van der Waals surface area contributed by atoms with Crippen molar-refractivity contribution in [3.8, 4) is 0 Å². The van der Waals surface area contributed by atoms with E-state index in [4.69, 9.17) is 0 Å². The zero-order valence-electron chi connectivity index (χ0n) is 15.5. The number of rotatable bonds is 5. The Kier molecular flexibility index (Phi) is 4.75. The fourth-order valence-electron chi connectivity index (χ4n) is 3.66. The van der Waals surface area contributed by atoms with Crippen molar-refractivity contribution < 1.29 is 8.42 Å². The topological polar surface area (TPSA) is 76.0 Å². The lowest BCUT2D eigenvalue weighted by Gasteiger charge is -2.27. The average Bonchev–Trinajstić information content (AvgIpc) is 3.10. The van der Waals surface area contributed by atoms with Gasteiger partial charge in [-0.2, -0.15) is 5.10 Å². The van der Waals surface area contributed by atoms with E-state index in [0.717, 1.165) is 23.9 Å². The Hall–Kier alpha value is -2.22. The second-order valence-electron chi connectivity index (χ2n) is 7.21. The Balaban J connectivity index is 1.55. The molecule has 7 heteroatoms. The minimum Gasteiger partial charge on any atom is -0.308 e. The number of nitrogens with one attached hydrogen (secondary N) is 2. The predicted molar refractivity (Wildman–Crippen MR) is 106 cm³/mol. The minimum atomic E-state index is -3.59. The number of hydrogen-bond donors (Lipinski definition) is 2. The van der Waals surface area contributed by atoms with Crippen LogP contribution in [0.2, 0.25) is 0 Å². The molecule has 3 aromatic rings. The summed E-state index contributed by atoms with van der Waals surface area (Å²) < 4.78 is 30.3. The number of hydrogen-bond acceptors (Lipinski definition) is 4. The van der Waals surface area contributed by atoms with Gasteiger partial charge < -0.3 is 5.32 Å². The molecule has 1 unspecified atom stereocenters. The molecule has 1 aliphatic heterocycles. The van der Waals surface area contributed by atoms with Crippen LogP contribution in [0.25, 0.3) is 10.9 Å². The third kappa shape index (κ3) is 3.50. The molecule has 0 saturated carbocycles. The lowest BCUT2D eigenvalue weighted by molar-refractivity contribution is 0.491. The van der Waals surface area contributed by atoms with Crippen LogP contribution in [0, 0.1) is 0 Å². The Morgan fingerprint density at radius 1 is 1.26 bits per heavy atom. The molecule has 0 amide bonds. The number of nitrogens with zero attached hydrogens (tertiary/aromatic N) is 2. The van der Waals surface area contributed by atoms with E-state index in [-0.39, 0.29) is 17.0 Å². The Morgan fingerprint density at radius 2 is 2.07 bits per heavy atom. The van der Waals surface area contributed by atoms with Crippen LogP contribution in [0.4, 0.5) is 0 Å². The summed E-state index contributed by atoms with van der Waals surface area (Å²) in [6, 6.07) is 13.6. The monoisotopic (exact) mass is 384 g/mol. The summed E-state index contributed by atoms with van der Waals surface area (Å²) in [5.41, 5.74) is 3.38. The van der Waals surface area contributed by atoms with Crippen molar-refractivity contribution in [1.29, 1.82) is 0 Å². The maximum Gasteiger partial charge on any atom is 0.240 e. The van der Waals surface area contributed by atoms with E-state index in [1.165, 1.54) is 11.1 Å². The van der Waals surface area contributed by atoms with Crippen LogP contribution in [-0.2, 0) is 16.4 Å². The molecular formula is C20H24N4O2S. The maximum absolute atomic E-state index is 12.8.